The third-order valence-electron chi connectivity index (χ3n) is 2.85. The molecule has 0 aliphatic heterocycles. The fourth-order valence-electron chi connectivity index (χ4n) is 1.84. The lowest BCUT2D eigenvalue weighted by atomic mass is 10.1. The van der Waals surface area contributed by atoms with E-state index in [1.807, 2.05) is 13.8 Å². The maximum absolute atomic E-state index is 12.3. The molecule has 1 aromatic rings. The van der Waals surface area contributed by atoms with Gasteiger partial charge >= 0.3 is 0 Å². The number of halogens is 1. The molecular weight excluding hydrogens is 312 g/mol. The molecule has 0 N–H and O–H groups in total. The number of nitro groups is 1. The van der Waals surface area contributed by atoms with Crippen molar-refractivity contribution in [2.24, 2.45) is 0 Å². The van der Waals surface area contributed by atoms with Crippen LogP contribution in [0.3, 0.4) is 0 Å². The summed E-state index contributed by atoms with van der Waals surface area (Å²) in [5.41, 5.74) is 1.02. The Kier molecular flexibility index (Phi) is 5.47. The summed E-state index contributed by atoms with van der Waals surface area (Å²) in [6.07, 6.45) is 0. The highest BCUT2D eigenvalue weighted by molar-refractivity contribution is 9.09. The number of hydrogen-bond acceptors (Lipinski definition) is 3. The number of rotatable bonds is 5. The van der Waals surface area contributed by atoms with E-state index < -0.39 is 4.92 Å². The van der Waals surface area contributed by atoms with Gasteiger partial charge in [-0.3, -0.25) is 14.9 Å². The molecule has 6 heteroatoms. The van der Waals surface area contributed by atoms with Gasteiger partial charge in [-0.1, -0.05) is 15.9 Å². The van der Waals surface area contributed by atoms with Crippen LogP contribution in [0, 0.1) is 17.0 Å². The second-order valence-electron chi connectivity index (χ2n) is 4.54. The van der Waals surface area contributed by atoms with Crippen LogP contribution in [-0.2, 0) is 0 Å². The number of hydrogen-bond donors (Lipinski definition) is 0. The minimum Gasteiger partial charge on any atom is -0.335 e. The van der Waals surface area contributed by atoms with Gasteiger partial charge in [0, 0.05) is 35.1 Å². The van der Waals surface area contributed by atoms with Crippen LogP contribution in [0.5, 0.6) is 0 Å². The normalized spacial score (nSPS) is 10.6. The van der Waals surface area contributed by atoms with E-state index in [1.54, 1.807) is 17.9 Å². The zero-order valence-corrected chi connectivity index (χ0v) is 12.8. The summed E-state index contributed by atoms with van der Waals surface area (Å²) in [5, 5.41) is 11.4. The lowest BCUT2D eigenvalue weighted by molar-refractivity contribution is -0.385. The van der Waals surface area contributed by atoms with Crippen LogP contribution in [0.15, 0.2) is 18.2 Å². The van der Waals surface area contributed by atoms with E-state index in [9.17, 15) is 14.9 Å². The Labute approximate surface area is 120 Å². The minimum atomic E-state index is -0.442. The lowest BCUT2D eigenvalue weighted by Gasteiger charge is -2.26. The largest absolute Gasteiger partial charge is 0.335 e. The van der Waals surface area contributed by atoms with Crippen LogP contribution >= 0.6 is 15.9 Å². The standard InChI is InChI=1S/C13H17BrN2O3/c1-9(2)15(7-6-14)13(17)11-4-5-12(16(18)19)10(3)8-11/h4-5,8-9H,6-7H2,1-3H3. The van der Waals surface area contributed by atoms with Gasteiger partial charge in [-0.05, 0) is 32.9 Å². The summed E-state index contributed by atoms with van der Waals surface area (Å²) in [7, 11) is 0. The van der Waals surface area contributed by atoms with Crippen molar-refractivity contribution >= 4 is 27.5 Å². The highest BCUT2D eigenvalue weighted by Crippen LogP contribution is 2.20. The molecule has 1 rings (SSSR count). The Hall–Kier alpha value is -1.43. The van der Waals surface area contributed by atoms with E-state index >= 15 is 0 Å². The van der Waals surface area contributed by atoms with Crippen molar-refractivity contribution in [2.45, 2.75) is 26.8 Å². The van der Waals surface area contributed by atoms with Crippen LogP contribution < -0.4 is 0 Å². The number of amides is 1. The summed E-state index contributed by atoms with van der Waals surface area (Å²) < 4.78 is 0. The van der Waals surface area contributed by atoms with E-state index in [0.29, 0.717) is 23.0 Å². The van der Waals surface area contributed by atoms with Crippen LogP contribution in [-0.4, -0.2) is 33.6 Å². The molecule has 0 spiro atoms. The zero-order valence-electron chi connectivity index (χ0n) is 11.2. The van der Waals surface area contributed by atoms with Gasteiger partial charge in [0.1, 0.15) is 0 Å². The average molecular weight is 329 g/mol. The molecule has 5 nitrogen and oxygen atoms in total. The minimum absolute atomic E-state index is 0.0353. The molecule has 19 heavy (non-hydrogen) atoms. The summed E-state index contributed by atoms with van der Waals surface area (Å²) in [6, 6.07) is 4.55. The maximum Gasteiger partial charge on any atom is 0.272 e. The number of carbonyl (C=O) groups excluding carboxylic acids is 1. The number of benzene rings is 1. The quantitative estimate of drug-likeness (QED) is 0.474. The van der Waals surface area contributed by atoms with E-state index in [2.05, 4.69) is 15.9 Å². The molecule has 0 aliphatic rings. The molecular formula is C13H17BrN2O3. The van der Waals surface area contributed by atoms with Crippen molar-refractivity contribution in [1.82, 2.24) is 4.90 Å². The fourth-order valence-corrected chi connectivity index (χ4v) is 2.23. The molecule has 0 radical (unpaired) electrons. The number of carbonyl (C=O) groups is 1. The number of aryl methyl sites for hydroxylation is 1. The van der Waals surface area contributed by atoms with Gasteiger partial charge in [-0.2, -0.15) is 0 Å². The highest BCUT2D eigenvalue weighted by Gasteiger charge is 2.20. The van der Waals surface area contributed by atoms with E-state index in [4.69, 9.17) is 0 Å². The van der Waals surface area contributed by atoms with Crippen molar-refractivity contribution in [3.05, 3.63) is 39.4 Å². The third-order valence-corrected chi connectivity index (χ3v) is 3.20. The van der Waals surface area contributed by atoms with Gasteiger partial charge in [0.25, 0.3) is 11.6 Å². The predicted molar refractivity (Wildman–Crippen MR) is 77.8 cm³/mol. The number of alkyl halides is 1. The smallest absolute Gasteiger partial charge is 0.272 e. The van der Waals surface area contributed by atoms with Crippen LogP contribution in [0.25, 0.3) is 0 Å². The first-order valence-corrected chi connectivity index (χ1v) is 7.12. The SMILES string of the molecule is Cc1cc(C(=O)N(CCBr)C(C)C)ccc1[N+](=O)[O-]. The van der Waals surface area contributed by atoms with Crippen molar-refractivity contribution in [2.75, 3.05) is 11.9 Å². The summed E-state index contributed by atoms with van der Waals surface area (Å²) in [4.78, 5) is 24.4. The zero-order chi connectivity index (χ0) is 14.6. The topological polar surface area (TPSA) is 63.5 Å². The predicted octanol–water partition coefficient (Wildman–Crippen LogP) is 3.15. The maximum atomic E-state index is 12.3. The van der Waals surface area contributed by atoms with E-state index in [1.165, 1.54) is 12.1 Å². The van der Waals surface area contributed by atoms with Gasteiger partial charge in [-0.25, -0.2) is 0 Å². The fraction of sp³-hybridized carbons (Fsp3) is 0.462. The molecule has 0 heterocycles. The van der Waals surface area contributed by atoms with Crippen molar-refractivity contribution in [3.8, 4) is 0 Å². The Morgan fingerprint density at radius 1 is 1.47 bits per heavy atom. The molecule has 0 bridgehead atoms. The Morgan fingerprint density at radius 3 is 2.53 bits per heavy atom. The molecule has 0 saturated heterocycles. The Bertz CT molecular complexity index is 489. The van der Waals surface area contributed by atoms with E-state index in [-0.39, 0.29) is 17.6 Å². The van der Waals surface area contributed by atoms with Crippen LogP contribution in [0.1, 0.15) is 29.8 Å². The first-order chi connectivity index (χ1) is 8.88. The lowest BCUT2D eigenvalue weighted by Crippen LogP contribution is -2.38. The number of nitro benzene ring substituents is 1. The summed E-state index contributed by atoms with van der Waals surface area (Å²) in [6.45, 7) is 6.13. The van der Waals surface area contributed by atoms with Gasteiger partial charge in [-0.15, -0.1) is 0 Å². The molecule has 0 aromatic heterocycles. The molecule has 0 atom stereocenters. The third kappa shape index (κ3) is 3.76. The van der Waals surface area contributed by atoms with Crippen molar-refractivity contribution < 1.29 is 9.72 Å². The molecule has 0 fully saturated rings. The molecule has 0 aliphatic carbocycles. The van der Waals surface area contributed by atoms with E-state index in [0.717, 1.165) is 0 Å². The van der Waals surface area contributed by atoms with Crippen LogP contribution in [0.2, 0.25) is 0 Å². The van der Waals surface area contributed by atoms with Gasteiger partial charge in [0.2, 0.25) is 0 Å². The molecule has 104 valence electrons. The molecule has 0 unspecified atom stereocenters. The van der Waals surface area contributed by atoms with Crippen molar-refractivity contribution in [3.63, 3.8) is 0 Å². The van der Waals surface area contributed by atoms with Gasteiger partial charge < -0.3 is 4.90 Å². The molecule has 1 aromatic carbocycles. The Balaban J connectivity index is 3.05. The first-order valence-electron chi connectivity index (χ1n) is 6.00. The second-order valence-corrected chi connectivity index (χ2v) is 5.33. The molecule has 1 amide bonds. The highest BCUT2D eigenvalue weighted by atomic mass is 79.9. The second kappa shape index (κ2) is 6.65. The van der Waals surface area contributed by atoms with Crippen LogP contribution in [0.4, 0.5) is 5.69 Å². The first kappa shape index (κ1) is 15.6. The summed E-state index contributed by atoms with van der Waals surface area (Å²) >= 11 is 3.32. The van der Waals surface area contributed by atoms with Gasteiger partial charge in [0.05, 0.1) is 4.92 Å². The van der Waals surface area contributed by atoms with Crippen molar-refractivity contribution in [1.29, 1.82) is 0 Å². The molecule has 0 saturated carbocycles. The summed E-state index contributed by atoms with van der Waals surface area (Å²) in [5.74, 6) is -0.104. The Morgan fingerprint density at radius 2 is 2.11 bits per heavy atom. The van der Waals surface area contributed by atoms with Gasteiger partial charge in [0.15, 0.2) is 0 Å². The monoisotopic (exact) mass is 328 g/mol. The average Bonchev–Trinajstić information content (AvgIpc) is 2.34. The number of nitrogens with zero attached hydrogens (tertiary/aromatic N) is 2.